The zero-order valence-electron chi connectivity index (χ0n) is 23.2. The van der Waals surface area contributed by atoms with Gasteiger partial charge in [-0.1, -0.05) is 0 Å². The standard InChI is InChI=1S/C28H34F2N4O5S/c1-17-6-7-34-22(13-19-14-33(26(35)36)8-9-39-19)25(31-23(34)10-17)24-20(29)11-18(12-21(24)30)28(15-38-16-28)32(5)40(37)27(2,3)4/h6-7,10-12,19H,8-9,13-16H2,1-5H3,(H,35,36)/t19-,40?/m0/s1. The van der Waals surface area contributed by atoms with Gasteiger partial charge in [-0.2, -0.15) is 0 Å². The maximum atomic E-state index is 16.0. The average molecular weight is 577 g/mol. The summed E-state index contributed by atoms with van der Waals surface area (Å²) in [6, 6.07) is 6.24. The van der Waals surface area contributed by atoms with Crippen molar-refractivity contribution in [3.8, 4) is 11.3 Å². The van der Waals surface area contributed by atoms with E-state index in [2.05, 4.69) is 4.98 Å². The molecule has 0 aliphatic carbocycles. The highest BCUT2D eigenvalue weighted by Gasteiger charge is 2.52. The molecular formula is C28H34F2N4O5S. The summed E-state index contributed by atoms with van der Waals surface area (Å²) in [5.74, 6) is -1.59. The molecule has 1 N–H and O–H groups in total. The number of fused-ring (bicyclic) bond motifs is 1. The normalized spacial score (nSPS) is 20.1. The van der Waals surface area contributed by atoms with Crippen molar-refractivity contribution in [1.82, 2.24) is 18.6 Å². The molecule has 9 nitrogen and oxygen atoms in total. The molecule has 2 aromatic heterocycles. The first kappa shape index (κ1) is 28.7. The van der Waals surface area contributed by atoms with Crippen LogP contribution in [0.1, 0.15) is 37.6 Å². The minimum Gasteiger partial charge on any atom is -0.597 e. The SMILES string of the molecule is Cc1ccn2c(C[C@H]3CN(C(=O)O)CCO3)c(-c3c(F)cc(C4(N(C)[S+]([O-])C(C)(C)C)COC4)cc3F)nc2c1. The van der Waals surface area contributed by atoms with Crippen LogP contribution in [0.4, 0.5) is 13.6 Å². The third kappa shape index (κ3) is 5.07. The van der Waals surface area contributed by atoms with Crippen molar-refractivity contribution in [2.75, 3.05) is 40.0 Å². The summed E-state index contributed by atoms with van der Waals surface area (Å²) in [4.78, 5) is 17.4. The number of aromatic nitrogens is 2. The molecule has 0 spiro atoms. The highest BCUT2D eigenvalue weighted by atomic mass is 32.2. The molecule has 4 heterocycles. The van der Waals surface area contributed by atoms with E-state index in [-0.39, 0.29) is 50.6 Å². The van der Waals surface area contributed by atoms with Crippen LogP contribution in [0.15, 0.2) is 30.5 Å². The number of morpholine rings is 1. The number of rotatable bonds is 6. The summed E-state index contributed by atoms with van der Waals surface area (Å²) >= 11 is -1.45. The molecule has 5 rings (SSSR count). The second kappa shape index (κ2) is 10.6. The number of aryl methyl sites for hydroxylation is 1. The first-order valence-corrected chi connectivity index (χ1v) is 14.2. The van der Waals surface area contributed by atoms with Gasteiger partial charge in [0.25, 0.3) is 0 Å². The molecule has 0 radical (unpaired) electrons. The first-order valence-electron chi connectivity index (χ1n) is 13.1. The van der Waals surface area contributed by atoms with E-state index >= 15 is 8.78 Å². The van der Waals surface area contributed by atoms with Crippen molar-refractivity contribution < 1.29 is 32.7 Å². The number of hydrogen-bond acceptors (Lipinski definition) is 6. The summed E-state index contributed by atoms with van der Waals surface area (Å²) in [5, 5.41) is 9.45. The zero-order chi connectivity index (χ0) is 29.0. The average Bonchev–Trinajstić information content (AvgIpc) is 3.18. The zero-order valence-corrected chi connectivity index (χ0v) is 24.1. The van der Waals surface area contributed by atoms with Crippen LogP contribution < -0.4 is 0 Å². The van der Waals surface area contributed by atoms with E-state index < -0.39 is 45.5 Å². The van der Waals surface area contributed by atoms with Gasteiger partial charge in [0.05, 0.1) is 49.4 Å². The Hall–Kier alpha value is -2.77. The van der Waals surface area contributed by atoms with Crippen LogP contribution >= 0.6 is 0 Å². The topological polar surface area (TPSA) is 103 Å². The fraction of sp³-hybridized carbons (Fsp3) is 0.500. The molecule has 3 aromatic rings. The van der Waals surface area contributed by atoms with Gasteiger partial charge in [0, 0.05) is 37.6 Å². The molecule has 2 aliphatic heterocycles. The second-order valence-electron chi connectivity index (χ2n) is 11.5. The predicted molar refractivity (Wildman–Crippen MR) is 146 cm³/mol. The molecule has 1 unspecified atom stereocenters. The minimum atomic E-state index is -1.45. The van der Waals surface area contributed by atoms with E-state index in [1.165, 1.54) is 17.0 Å². The van der Waals surface area contributed by atoms with Crippen molar-refractivity contribution in [2.45, 2.75) is 50.5 Å². The number of imidazole rings is 1. The molecular weight excluding hydrogens is 542 g/mol. The number of halogens is 2. The molecule has 1 aromatic carbocycles. The maximum Gasteiger partial charge on any atom is 0.407 e. The van der Waals surface area contributed by atoms with E-state index in [0.29, 0.717) is 16.9 Å². The van der Waals surface area contributed by atoms with Crippen molar-refractivity contribution in [2.24, 2.45) is 0 Å². The Kier molecular flexibility index (Phi) is 7.60. The van der Waals surface area contributed by atoms with Crippen LogP contribution in [0.3, 0.4) is 0 Å². The molecule has 0 bridgehead atoms. The summed E-state index contributed by atoms with van der Waals surface area (Å²) in [6.07, 6.45) is 0.443. The molecule has 12 heteroatoms. The van der Waals surface area contributed by atoms with Gasteiger partial charge >= 0.3 is 6.09 Å². The van der Waals surface area contributed by atoms with Gasteiger partial charge in [-0.05, 0) is 63.1 Å². The highest BCUT2D eigenvalue weighted by Crippen LogP contribution is 2.42. The van der Waals surface area contributed by atoms with Crippen LogP contribution in [0.2, 0.25) is 0 Å². The van der Waals surface area contributed by atoms with Crippen LogP contribution in [-0.4, -0.2) is 85.2 Å². The van der Waals surface area contributed by atoms with Gasteiger partial charge in [-0.25, -0.2) is 18.6 Å². The second-order valence-corrected chi connectivity index (χ2v) is 13.7. The Balaban J connectivity index is 1.57. The van der Waals surface area contributed by atoms with Crippen LogP contribution in [0.25, 0.3) is 16.9 Å². The van der Waals surface area contributed by atoms with Crippen molar-refractivity contribution in [1.29, 1.82) is 0 Å². The highest BCUT2D eigenvalue weighted by molar-refractivity contribution is 7.90. The Morgan fingerprint density at radius 2 is 1.95 bits per heavy atom. The van der Waals surface area contributed by atoms with Crippen LogP contribution in [-0.2, 0) is 32.8 Å². The molecule has 216 valence electrons. The van der Waals surface area contributed by atoms with Gasteiger partial charge in [0.2, 0.25) is 0 Å². The Labute approximate surface area is 235 Å². The van der Waals surface area contributed by atoms with Crippen molar-refractivity contribution >= 4 is 23.1 Å². The third-order valence-electron chi connectivity index (χ3n) is 7.58. The van der Waals surface area contributed by atoms with Gasteiger partial charge in [0.1, 0.15) is 27.6 Å². The number of hydrogen-bond donors (Lipinski definition) is 1. The number of pyridine rings is 1. The Morgan fingerprint density at radius 3 is 2.52 bits per heavy atom. The Morgan fingerprint density at radius 1 is 1.27 bits per heavy atom. The summed E-state index contributed by atoms with van der Waals surface area (Å²) in [6.45, 7) is 8.36. The number of nitrogens with zero attached hydrogens (tertiary/aromatic N) is 4. The maximum absolute atomic E-state index is 16.0. The molecule has 2 atom stereocenters. The van der Waals surface area contributed by atoms with E-state index in [9.17, 15) is 14.5 Å². The molecule has 0 saturated carbocycles. The van der Waals surface area contributed by atoms with E-state index in [1.54, 1.807) is 22.0 Å². The van der Waals surface area contributed by atoms with Crippen molar-refractivity contribution in [3.63, 3.8) is 0 Å². The lowest BCUT2D eigenvalue weighted by Gasteiger charge is -2.48. The van der Waals surface area contributed by atoms with Gasteiger partial charge < -0.3 is 28.4 Å². The van der Waals surface area contributed by atoms with Gasteiger partial charge in [-0.15, -0.1) is 4.31 Å². The third-order valence-corrected chi connectivity index (χ3v) is 9.48. The fourth-order valence-corrected chi connectivity index (χ4v) is 6.64. The van der Waals surface area contributed by atoms with E-state index in [1.807, 2.05) is 39.8 Å². The van der Waals surface area contributed by atoms with Gasteiger partial charge in [-0.3, -0.25) is 0 Å². The predicted octanol–water partition coefficient (Wildman–Crippen LogP) is 4.13. The largest absolute Gasteiger partial charge is 0.597 e. The number of carbonyl (C=O) groups is 1. The number of likely N-dealkylation sites (N-methyl/N-ethyl adjacent to an activating group) is 1. The van der Waals surface area contributed by atoms with Crippen LogP contribution in [0, 0.1) is 18.6 Å². The Bertz CT molecular complexity index is 1420. The number of carboxylic acid groups (broad SMARTS) is 1. The van der Waals surface area contributed by atoms with E-state index in [0.717, 1.165) is 5.56 Å². The monoisotopic (exact) mass is 576 g/mol. The molecule has 2 saturated heterocycles. The number of amides is 1. The quantitative estimate of drug-likeness (QED) is 0.441. The smallest absolute Gasteiger partial charge is 0.407 e. The molecule has 40 heavy (non-hydrogen) atoms. The van der Waals surface area contributed by atoms with Crippen LogP contribution in [0.5, 0.6) is 0 Å². The fourth-order valence-electron chi connectivity index (χ4n) is 5.29. The lowest BCUT2D eigenvalue weighted by Crippen LogP contribution is -2.62. The first-order chi connectivity index (χ1) is 18.8. The number of benzene rings is 1. The minimum absolute atomic E-state index is 0.133. The summed E-state index contributed by atoms with van der Waals surface area (Å²) in [5.41, 5.74) is 1.22. The van der Waals surface area contributed by atoms with E-state index in [4.69, 9.17) is 9.47 Å². The molecule has 2 aliphatic rings. The molecule has 1 amide bonds. The molecule has 2 fully saturated rings. The van der Waals surface area contributed by atoms with Gasteiger partial charge in [0.15, 0.2) is 0 Å². The number of ether oxygens (including phenoxy) is 2. The lowest BCUT2D eigenvalue weighted by atomic mass is 9.86. The summed E-state index contributed by atoms with van der Waals surface area (Å²) < 4.78 is 59.3. The summed E-state index contributed by atoms with van der Waals surface area (Å²) in [7, 11) is 1.68. The lowest BCUT2D eigenvalue weighted by molar-refractivity contribution is -0.111. The van der Waals surface area contributed by atoms with Crippen molar-refractivity contribution in [3.05, 3.63) is 58.9 Å².